The van der Waals surface area contributed by atoms with Crippen molar-refractivity contribution in [1.29, 1.82) is 0 Å². The van der Waals surface area contributed by atoms with Crippen molar-refractivity contribution in [2.75, 3.05) is 40.4 Å². The van der Waals surface area contributed by atoms with Crippen molar-refractivity contribution in [3.63, 3.8) is 0 Å². The summed E-state index contributed by atoms with van der Waals surface area (Å²) >= 11 is 6.37. The molecule has 4 atom stereocenters. The van der Waals surface area contributed by atoms with E-state index in [9.17, 15) is 19.4 Å². The molecule has 37 heavy (non-hydrogen) atoms. The number of nitrogens with one attached hydrogen (secondary N) is 1. The van der Waals surface area contributed by atoms with E-state index in [0.29, 0.717) is 44.6 Å². The minimum atomic E-state index is -1.35. The third-order valence-electron chi connectivity index (χ3n) is 8.54. The van der Waals surface area contributed by atoms with Crippen molar-refractivity contribution >= 4 is 17.5 Å². The van der Waals surface area contributed by atoms with Crippen LogP contribution in [0.3, 0.4) is 0 Å². The third kappa shape index (κ3) is 7.89. The van der Waals surface area contributed by atoms with E-state index in [1.807, 2.05) is 11.9 Å². The van der Waals surface area contributed by atoms with E-state index in [1.54, 1.807) is 19.2 Å². The lowest BCUT2D eigenvalue weighted by atomic mass is 9.73. The van der Waals surface area contributed by atoms with Crippen LogP contribution < -0.4 is 5.32 Å². The van der Waals surface area contributed by atoms with Gasteiger partial charge in [-0.05, 0) is 64.0 Å². The van der Waals surface area contributed by atoms with Gasteiger partial charge in [-0.25, -0.2) is 4.39 Å². The molecule has 6 nitrogen and oxygen atoms in total. The number of halogens is 2. The average molecular weight is 541 g/mol. The van der Waals surface area contributed by atoms with E-state index in [1.165, 1.54) is 12.5 Å². The van der Waals surface area contributed by atoms with Gasteiger partial charge in [0.05, 0.1) is 16.7 Å². The Bertz CT molecular complexity index is 853. The molecule has 0 aromatic heterocycles. The van der Waals surface area contributed by atoms with Crippen LogP contribution in [-0.2, 0) is 15.1 Å². The Balaban J connectivity index is 1.75. The summed E-state index contributed by atoms with van der Waals surface area (Å²) in [5, 5.41) is 26.3. The molecule has 1 saturated heterocycles. The van der Waals surface area contributed by atoms with Gasteiger partial charge in [-0.1, -0.05) is 43.0 Å². The summed E-state index contributed by atoms with van der Waals surface area (Å²) in [6, 6.07) is 4.58. The van der Waals surface area contributed by atoms with Gasteiger partial charge in [0.25, 0.3) is 0 Å². The molecule has 1 aliphatic heterocycles. The minimum Gasteiger partial charge on any atom is -0.392 e. The quantitative estimate of drug-likeness (QED) is 0.310. The van der Waals surface area contributed by atoms with E-state index >= 15 is 0 Å². The Morgan fingerprint density at radius 2 is 2.00 bits per heavy atom. The zero-order chi connectivity index (χ0) is 26.8. The molecule has 2 aliphatic rings. The fraction of sp³-hybridized carbons (Fsp3) is 0.759. The number of likely N-dealkylation sites (tertiary alicyclic amines) is 1. The normalized spacial score (nSPS) is 22.4. The summed E-state index contributed by atoms with van der Waals surface area (Å²) in [5.41, 5.74) is -0.954. The van der Waals surface area contributed by atoms with Crippen LogP contribution >= 0.6 is 11.6 Å². The second kappa shape index (κ2) is 14.8. The highest BCUT2D eigenvalue weighted by Gasteiger charge is 2.43. The molecule has 1 saturated carbocycles. The van der Waals surface area contributed by atoms with E-state index in [0.717, 1.165) is 44.9 Å². The van der Waals surface area contributed by atoms with E-state index in [2.05, 4.69) is 5.32 Å². The number of piperidine rings is 1. The SMILES string of the molecule is CNC[C@@H](CC(=O)N1CCC[C@@H]([C@@](O)(CCCCOC)c2cccc(F)c2Cl)C1)[C@@H](O)C1CCCCC1. The molecule has 2 fully saturated rings. The molecule has 3 N–H and O–H groups in total. The lowest BCUT2D eigenvalue weighted by Crippen LogP contribution is -2.49. The number of benzene rings is 1. The lowest BCUT2D eigenvalue weighted by molar-refractivity contribution is -0.139. The van der Waals surface area contributed by atoms with Crippen molar-refractivity contribution in [2.45, 2.75) is 82.3 Å². The molecule has 1 heterocycles. The molecule has 1 amide bonds. The molecule has 210 valence electrons. The van der Waals surface area contributed by atoms with Crippen LogP contribution in [0.4, 0.5) is 4.39 Å². The second-order valence-electron chi connectivity index (χ2n) is 11.1. The summed E-state index contributed by atoms with van der Waals surface area (Å²) in [4.78, 5) is 15.3. The molecular weight excluding hydrogens is 495 g/mol. The van der Waals surface area contributed by atoms with Crippen molar-refractivity contribution in [3.05, 3.63) is 34.6 Å². The van der Waals surface area contributed by atoms with Crippen LogP contribution in [0.15, 0.2) is 18.2 Å². The summed E-state index contributed by atoms with van der Waals surface area (Å²) < 4.78 is 19.6. The Labute approximate surface area is 226 Å². The van der Waals surface area contributed by atoms with Crippen molar-refractivity contribution in [3.8, 4) is 0 Å². The zero-order valence-corrected chi connectivity index (χ0v) is 23.3. The summed E-state index contributed by atoms with van der Waals surface area (Å²) in [7, 11) is 3.50. The largest absolute Gasteiger partial charge is 0.392 e. The fourth-order valence-electron chi connectivity index (χ4n) is 6.42. The summed E-state index contributed by atoms with van der Waals surface area (Å²) in [6.45, 7) is 2.18. The summed E-state index contributed by atoms with van der Waals surface area (Å²) in [6.07, 6.45) is 8.67. The standard InChI is InChI=1S/C29H46ClFN2O4/c1-32-19-22(28(35)21-10-4-3-5-11-21)18-26(34)33-16-9-12-23(20-33)29(36,15-6-7-17-37-2)24-13-8-14-25(31)27(24)30/h8,13-14,21-23,28,32,35-36H,3-7,9-12,15-20H2,1-2H3/t22-,23-,28+,29+/m1/s1. The maximum Gasteiger partial charge on any atom is 0.223 e. The topological polar surface area (TPSA) is 82.0 Å². The van der Waals surface area contributed by atoms with Gasteiger partial charge in [-0.15, -0.1) is 0 Å². The zero-order valence-electron chi connectivity index (χ0n) is 22.6. The Morgan fingerprint density at radius 1 is 1.24 bits per heavy atom. The van der Waals surface area contributed by atoms with Gasteiger partial charge in [0.15, 0.2) is 0 Å². The Kier molecular flexibility index (Phi) is 12.1. The fourth-order valence-corrected chi connectivity index (χ4v) is 6.71. The van der Waals surface area contributed by atoms with E-state index in [-0.39, 0.29) is 35.1 Å². The number of nitrogens with zero attached hydrogens (tertiary/aromatic N) is 1. The number of hydrogen-bond acceptors (Lipinski definition) is 5. The van der Waals surface area contributed by atoms with Gasteiger partial charge in [-0.2, -0.15) is 0 Å². The summed E-state index contributed by atoms with van der Waals surface area (Å²) in [5.74, 6) is -0.706. The highest BCUT2D eigenvalue weighted by molar-refractivity contribution is 6.31. The van der Waals surface area contributed by atoms with Gasteiger partial charge in [-0.3, -0.25) is 4.79 Å². The van der Waals surface area contributed by atoms with Gasteiger partial charge in [0.2, 0.25) is 5.91 Å². The van der Waals surface area contributed by atoms with Gasteiger partial charge in [0.1, 0.15) is 5.82 Å². The molecule has 8 heteroatoms. The number of carbonyl (C=O) groups is 1. The molecule has 1 aromatic rings. The van der Waals surface area contributed by atoms with Crippen molar-refractivity contribution < 1.29 is 24.1 Å². The van der Waals surface area contributed by atoms with E-state index in [4.69, 9.17) is 16.3 Å². The molecule has 0 spiro atoms. The number of aliphatic hydroxyl groups is 2. The number of carbonyl (C=O) groups excluding carboxylic acids is 1. The molecule has 0 radical (unpaired) electrons. The Morgan fingerprint density at radius 3 is 2.70 bits per heavy atom. The first kappa shape index (κ1) is 30.3. The average Bonchev–Trinajstić information content (AvgIpc) is 2.92. The predicted molar refractivity (Wildman–Crippen MR) is 145 cm³/mol. The third-order valence-corrected chi connectivity index (χ3v) is 8.93. The number of hydrogen-bond donors (Lipinski definition) is 3. The van der Waals surface area contributed by atoms with Crippen molar-refractivity contribution in [1.82, 2.24) is 10.2 Å². The molecular formula is C29H46ClFN2O4. The molecule has 1 aliphatic carbocycles. The molecule has 1 aromatic carbocycles. The van der Waals surface area contributed by atoms with Crippen LogP contribution in [0.2, 0.25) is 5.02 Å². The highest BCUT2D eigenvalue weighted by atomic mass is 35.5. The Hall–Kier alpha value is -1.25. The number of methoxy groups -OCH3 is 1. The number of amides is 1. The monoisotopic (exact) mass is 540 g/mol. The molecule has 3 rings (SSSR count). The molecule has 0 unspecified atom stereocenters. The lowest BCUT2D eigenvalue weighted by Gasteiger charge is -2.43. The molecule has 0 bridgehead atoms. The predicted octanol–water partition coefficient (Wildman–Crippen LogP) is 4.89. The van der Waals surface area contributed by atoms with Crippen LogP contribution in [0, 0.1) is 23.6 Å². The van der Waals surface area contributed by atoms with E-state index < -0.39 is 17.5 Å². The first-order valence-electron chi connectivity index (χ1n) is 14.1. The number of unbranched alkanes of at least 4 members (excludes halogenated alkanes) is 1. The van der Waals surface area contributed by atoms with Crippen LogP contribution in [0.5, 0.6) is 0 Å². The van der Waals surface area contributed by atoms with Crippen LogP contribution in [0.1, 0.15) is 76.2 Å². The van der Waals surface area contributed by atoms with Gasteiger partial charge in [0, 0.05) is 57.2 Å². The number of aliphatic hydroxyl groups excluding tert-OH is 1. The van der Waals surface area contributed by atoms with Gasteiger partial charge < -0.3 is 25.2 Å². The van der Waals surface area contributed by atoms with Crippen LogP contribution in [-0.4, -0.2) is 67.5 Å². The smallest absolute Gasteiger partial charge is 0.223 e. The maximum atomic E-state index is 14.4. The highest BCUT2D eigenvalue weighted by Crippen LogP contribution is 2.43. The first-order chi connectivity index (χ1) is 17.8. The number of ether oxygens (including phenoxy) is 1. The first-order valence-corrected chi connectivity index (χ1v) is 14.5. The maximum absolute atomic E-state index is 14.4. The van der Waals surface area contributed by atoms with Crippen molar-refractivity contribution in [2.24, 2.45) is 17.8 Å². The van der Waals surface area contributed by atoms with Crippen LogP contribution in [0.25, 0.3) is 0 Å². The minimum absolute atomic E-state index is 0.00637. The second-order valence-corrected chi connectivity index (χ2v) is 11.4. The number of rotatable bonds is 13. The van der Waals surface area contributed by atoms with Gasteiger partial charge >= 0.3 is 0 Å².